The molecular weight excluding hydrogens is 504 g/mol. The number of aliphatic hydroxyl groups excluding tert-OH is 1. The fraction of sp³-hybridized carbons (Fsp3) is 0.448. The first-order valence-corrected chi connectivity index (χ1v) is 15.0. The van der Waals surface area contributed by atoms with Gasteiger partial charge in [-0.1, -0.05) is 43.2 Å². The summed E-state index contributed by atoms with van der Waals surface area (Å²) >= 11 is 0. The molecule has 0 bridgehead atoms. The highest BCUT2D eigenvalue weighted by molar-refractivity contribution is 7.92. The van der Waals surface area contributed by atoms with Gasteiger partial charge in [-0.15, -0.1) is 0 Å². The van der Waals surface area contributed by atoms with E-state index in [1.54, 1.807) is 13.2 Å². The summed E-state index contributed by atoms with van der Waals surface area (Å²) in [5.41, 5.74) is 1.90. The number of aliphatic hydroxyl groups is 1. The first kappa shape index (κ1) is 29.7. The molecule has 0 heterocycles. The van der Waals surface area contributed by atoms with Gasteiger partial charge in [-0.25, -0.2) is 8.42 Å². The Bertz CT molecular complexity index is 1270. The summed E-state index contributed by atoms with van der Waals surface area (Å²) in [7, 11) is -1.84. The molecule has 9 heteroatoms. The Morgan fingerprint density at radius 2 is 1.63 bits per heavy atom. The van der Waals surface area contributed by atoms with Gasteiger partial charge < -0.3 is 25.0 Å². The van der Waals surface area contributed by atoms with Crippen LogP contribution in [0.2, 0.25) is 0 Å². The number of rotatable bonds is 17. The summed E-state index contributed by atoms with van der Waals surface area (Å²) in [4.78, 5) is 0. The SMILES string of the molecule is COc1ccc2cc(CCCOCCCCCCNCC(O)c3ccc(O)c(NS(C)(=O)=O)c3)ccc2c1. The van der Waals surface area contributed by atoms with Crippen LogP contribution in [-0.4, -0.2) is 58.3 Å². The molecule has 0 saturated heterocycles. The van der Waals surface area contributed by atoms with Crippen molar-refractivity contribution >= 4 is 26.5 Å². The van der Waals surface area contributed by atoms with E-state index in [9.17, 15) is 18.6 Å². The van der Waals surface area contributed by atoms with E-state index in [4.69, 9.17) is 9.47 Å². The number of unbranched alkanes of at least 4 members (excludes halogenated alkanes) is 3. The van der Waals surface area contributed by atoms with E-state index in [1.807, 2.05) is 6.07 Å². The fourth-order valence-corrected chi connectivity index (χ4v) is 4.81. The zero-order valence-corrected chi connectivity index (χ0v) is 23.1. The highest BCUT2D eigenvalue weighted by Crippen LogP contribution is 2.27. The minimum atomic E-state index is -3.52. The molecule has 0 aromatic heterocycles. The van der Waals surface area contributed by atoms with Gasteiger partial charge in [0.15, 0.2) is 0 Å². The number of ether oxygens (including phenoxy) is 2. The first-order chi connectivity index (χ1) is 18.2. The van der Waals surface area contributed by atoms with Crippen LogP contribution >= 0.6 is 0 Å². The molecular formula is C29H40N2O6S. The molecule has 0 saturated carbocycles. The lowest BCUT2D eigenvalue weighted by Gasteiger charge is -2.14. The summed E-state index contributed by atoms with van der Waals surface area (Å²) in [5.74, 6) is 0.690. The number of hydrogen-bond acceptors (Lipinski definition) is 7. The molecule has 0 aliphatic heterocycles. The van der Waals surface area contributed by atoms with Gasteiger partial charge in [0.25, 0.3) is 0 Å². The van der Waals surface area contributed by atoms with Crippen molar-refractivity contribution < 1.29 is 28.1 Å². The van der Waals surface area contributed by atoms with E-state index in [0.717, 1.165) is 70.3 Å². The van der Waals surface area contributed by atoms with Crippen LogP contribution in [0.1, 0.15) is 49.3 Å². The van der Waals surface area contributed by atoms with E-state index in [0.29, 0.717) is 12.1 Å². The molecule has 0 spiro atoms. The Hall–Kier alpha value is -2.85. The number of aryl methyl sites for hydroxylation is 1. The Morgan fingerprint density at radius 3 is 2.42 bits per heavy atom. The topological polar surface area (TPSA) is 117 Å². The van der Waals surface area contributed by atoms with Gasteiger partial charge in [0, 0.05) is 19.8 Å². The van der Waals surface area contributed by atoms with Crippen molar-refractivity contribution in [1.29, 1.82) is 0 Å². The maximum atomic E-state index is 11.4. The van der Waals surface area contributed by atoms with Gasteiger partial charge in [-0.05, 0) is 78.4 Å². The number of phenolic OH excluding ortho intramolecular Hbond substituents is 1. The van der Waals surface area contributed by atoms with Gasteiger partial charge in [0.2, 0.25) is 10.0 Å². The van der Waals surface area contributed by atoms with E-state index in [-0.39, 0.29) is 11.4 Å². The summed E-state index contributed by atoms with van der Waals surface area (Å²) in [6, 6.07) is 17.1. The second-order valence-electron chi connectivity index (χ2n) is 9.55. The van der Waals surface area contributed by atoms with Crippen LogP contribution in [-0.2, 0) is 21.2 Å². The predicted molar refractivity (Wildman–Crippen MR) is 153 cm³/mol. The molecule has 3 aromatic rings. The molecule has 4 N–H and O–H groups in total. The number of benzene rings is 3. The van der Waals surface area contributed by atoms with Gasteiger partial charge in [0.1, 0.15) is 11.5 Å². The zero-order chi connectivity index (χ0) is 27.4. The van der Waals surface area contributed by atoms with Crippen molar-refractivity contribution in [3.8, 4) is 11.5 Å². The van der Waals surface area contributed by atoms with E-state index >= 15 is 0 Å². The number of methoxy groups -OCH3 is 1. The summed E-state index contributed by atoms with van der Waals surface area (Å²) in [5, 5.41) is 25.8. The van der Waals surface area contributed by atoms with Crippen molar-refractivity contribution in [2.75, 3.05) is 44.4 Å². The second-order valence-corrected chi connectivity index (χ2v) is 11.3. The number of nitrogens with one attached hydrogen (secondary N) is 2. The fourth-order valence-electron chi connectivity index (χ4n) is 4.24. The Morgan fingerprint density at radius 1 is 0.895 bits per heavy atom. The molecule has 3 aromatic carbocycles. The van der Waals surface area contributed by atoms with Gasteiger partial charge in [-0.3, -0.25) is 4.72 Å². The molecule has 8 nitrogen and oxygen atoms in total. The zero-order valence-electron chi connectivity index (χ0n) is 22.3. The maximum Gasteiger partial charge on any atom is 0.229 e. The van der Waals surface area contributed by atoms with E-state index < -0.39 is 16.1 Å². The summed E-state index contributed by atoms with van der Waals surface area (Å²) in [6.45, 7) is 2.66. The third kappa shape index (κ3) is 10.1. The number of anilines is 1. The quantitative estimate of drug-likeness (QED) is 0.143. The molecule has 38 heavy (non-hydrogen) atoms. The Labute approximate surface area is 226 Å². The number of aromatic hydroxyl groups is 1. The largest absolute Gasteiger partial charge is 0.506 e. The standard InChI is InChI=1S/C29H40N2O6S/c1-36-26-13-11-23-18-22(9-10-24(23)19-26)8-7-17-37-16-6-4-3-5-15-30-21-29(33)25-12-14-28(32)27(20-25)31-38(2,34)35/h9-14,18-20,29-33H,3-8,15-17,21H2,1-2H3. The third-order valence-corrected chi connectivity index (χ3v) is 6.89. The van der Waals surface area contributed by atoms with Crippen molar-refractivity contribution in [3.05, 3.63) is 65.7 Å². The molecule has 3 rings (SSSR count). The lowest BCUT2D eigenvalue weighted by molar-refractivity contribution is 0.127. The molecule has 0 aliphatic rings. The van der Waals surface area contributed by atoms with Crippen molar-refractivity contribution in [1.82, 2.24) is 5.32 Å². The monoisotopic (exact) mass is 544 g/mol. The van der Waals surface area contributed by atoms with Crippen LogP contribution in [0, 0.1) is 0 Å². The van der Waals surface area contributed by atoms with Gasteiger partial charge >= 0.3 is 0 Å². The summed E-state index contributed by atoms with van der Waals surface area (Å²) in [6.07, 6.45) is 6.41. The van der Waals surface area contributed by atoms with Gasteiger partial charge in [-0.2, -0.15) is 0 Å². The number of hydrogen-bond donors (Lipinski definition) is 4. The molecule has 208 valence electrons. The molecule has 0 fully saturated rings. The number of phenols is 1. The van der Waals surface area contributed by atoms with Crippen molar-refractivity contribution in [2.24, 2.45) is 0 Å². The lowest BCUT2D eigenvalue weighted by Crippen LogP contribution is -2.22. The molecule has 0 amide bonds. The van der Waals surface area contributed by atoms with Crippen LogP contribution in [0.4, 0.5) is 5.69 Å². The number of sulfonamides is 1. The Kier molecular flexibility index (Phi) is 11.7. The van der Waals surface area contributed by atoms with Crippen LogP contribution in [0.15, 0.2) is 54.6 Å². The molecule has 0 radical (unpaired) electrons. The molecule has 0 aliphatic carbocycles. The number of fused-ring (bicyclic) bond motifs is 1. The maximum absolute atomic E-state index is 11.4. The van der Waals surface area contributed by atoms with Crippen LogP contribution < -0.4 is 14.8 Å². The van der Waals surface area contributed by atoms with Crippen molar-refractivity contribution in [2.45, 2.75) is 44.6 Å². The smallest absolute Gasteiger partial charge is 0.229 e. The highest BCUT2D eigenvalue weighted by Gasteiger charge is 2.12. The van der Waals surface area contributed by atoms with E-state index in [1.165, 1.54) is 28.5 Å². The van der Waals surface area contributed by atoms with Crippen LogP contribution in [0.5, 0.6) is 11.5 Å². The molecule has 1 atom stereocenters. The second kappa shape index (κ2) is 14.9. The van der Waals surface area contributed by atoms with Crippen LogP contribution in [0.3, 0.4) is 0 Å². The normalized spacial score (nSPS) is 12.5. The average molecular weight is 545 g/mol. The highest BCUT2D eigenvalue weighted by atomic mass is 32.2. The minimum Gasteiger partial charge on any atom is -0.506 e. The predicted octanol–water partition coefficient (Wildman–Crippen LogP) is 4.76. The van der Waals surface area contributed by atoms with Gasteiger partial charge in [0.05, 0.1) is 25.2 Å². The van der Waals surface area contributed by atoms with E-state index in [2.05, 4.69) is 40.4 Å². The Balaban J connectivity index is 1.20. The average Bonchev–Trinajstić information content (AvgIpc) is 2.89. The third-order valence-electron chi connectivity index (χ3n) is 6.30. The first-order valence-electron chi connectivity index (χ1n) is 13.1. The minimum absolute atomic E-state index is 0.0568. The lowest BCUT2D eigenvalue weighted by atomic mass is 10.0. The molecule has 1 unspecified atom stereocenters. The summed E-state index contributed by atoms with van der Waals surface area (Å²) < 4.78 is 36.2. The van der Waals surface area contributed by atoms with Crippen molar-refractivity contribution in [3.63, 3.8) is 0 Å². The van der Waals surface area contributed by atoms with Crippen LogP contribution in [0.25, 0.3) is 10.8 Å².